The predicted molar refractivity (Wildman–Crippen MR) is 96.2 cm³/mol. The van der Waals surface area contributed by atoms with E-state index in [2.05, 4.69) is 5.32 Å². The number of hydrogen-bond acceptors (Lipinski definition) is 2. The van der Waals surface area contributed by atoms with Gasteiger partial charge < -0.3 is 10.2 Å². The Balaban J connectivity index is 1.89. The fourth-order valence-electron chi connectivity index (χ4n) is 2.27. The van der Waals surface area contributed by atoms with Gasteiger partial charge in [0.05, 0.1) is 6.54 Å². The summed E-state index contributed by atoms with van der Waals surface area (Å²) < 4.78 is 0. The first kappa shape index (κ1) is 18.0. The van der Waals surface area contributed by atoms with Gasteiger partial charge in [0.15, 0.2) is 0 Å². The van der Waals surface area contributed by atoms with Crippen molar-refractivity contribution in [2.45, 2.75) is 20.4 Å². The van der Waals surface area contributed by atoms with Crippen molar-refractivity contribution >= 4 is 23.4 Å². The van der Waals surface area contributed by atoms with Gasteiger partial charge in [0.25, 0.3) is 5.91 Å². The van der Waals surface area contributed by atoms with E-state index in [4.69, 9.17) is 11.6 Å². The van der Waals surface area contributed by atoms with Crippen LogP contribution in [0.15, 0.2) is 42.5 Å². The van der Waals surface area contributed by atoms with E-state index in [1.807, 2.05) is 44.2 Å². The molecular formula is C19H21ClN2O2. The van der Waals surface area contributed by atoms with Crippen LogP contribution in [0.25, 0.3) is 0 Å². The van der Waals surface area contributed by atoms with Gasteiger partial charge >= 0.3 is 0 Å². The molecule has 0 aromatic heterocycles. The normalized spacial score (nSPS) is 10.3. The van der Waals surface area contributed by atoms with Crippen molar-refractivity contribution < 1.29 is 9.59 Å². The van der Waals surface area contributed by atoms with Gasteiger partial charge in [-0.25, -0.2) is 0 Å². The molecule has 0 aliphatic carbocycles. The van der Waals surface area contributed by atoms with E-state index in [0.717, 1.165) is 16.7 Å². The number of rotatable bonds is 5. The fourth-order valence-corrected chi connectivity index (χ4v) is 2.49. The molecule has 1 N–H and O–H groups in total. The smallest absolute Gasteiger partial charge is 0.251 e. The average Bonchev–Trinajstić information content (AvgIpc) is 2.54. The number of amides is 2. The number of nitrogens with zero attached hydrogens (tertiary/aromatic N) is 1. The van der Waals surface area contributed by atoms with E-state index in [0.29, 0.717) is 17.1 Å². The first-order chi connectivity index (χ1) is 11.4. The van der Waals surface area contributed by atoms with Gasteiger partial charge in [0.1, 0.15) is 0 Å². The Bertz CT molecular complexity index is 759. The molecule has 0 fully saturated rings. The molecule has 0 atom stereocenters. The molecule has 2 rings (SSSR count). The lowest BCUT2D eigenvalue weighted by Crippen LogP contribution is -2.37. The Morgan fingerprint density at radius 2 is 1.83 bits per heavy atom. The molecule has 2 aromatic rings. The minimum atomic E-state index is -0.248. The lowest BCUT2D eigenvalue weighted by molar-refractivity contribution is -0.129. The van der Waals surface area contributed by atoms with Crippen molar-refractivity contribution in [1.29, 1.82) is 0 Å². The molecule has 24 heavy (non-hydrogen) atoms. The summed E-state index contributed by atoms with van der Waals surface area (Å²) in [6.45, 7) is 4.35. The minimum absolute atomic E-state index is 0.0389. The maximum absolute atomic E-state index is 12.2. The average molecular weight is 345 g/mol. The van der Waals surface area contributed by atoms with Crippen molar-refractivity contribution in [2.75, 3.05) is 13.6 Å². The van der Waals surface area contributed by atoms with Gasteiger partial charge in [-0.05, 0) is 54.8 Å². The number of halogens is 1. The summed E-state index contributed by atoms with van der Waals surface area (Å²) in [4.78, 5) is 25.9. The first-order valence-electron chi connectivity index (χ1n) is 7.70. The van der Waals surface area contributed by atoms with Gasteiger partial charge in [-0.3, -0.25) is 9.59 Å². The second-order valence-corrected chi connectivity index (χ2v) is 6.30. The molecule has 0 unspecified atom stereocenters. The van der Waals surface area contributed by atoms with Crippen LogP contribution in [0, 0.1) is 13.8 Å². The molecule has 0 radical (unpaired) electrons. The molecule has 0 heterocycles. The molecule has 2 amide bonds. The molecule has 0 bridgehead atoms. The zero-order chi connectivity index (χ0) is 17.7. The van der Waals surface area contributed by atoms with Gasteiger partial charge in [-0.1, -0.05) is 29.8 Å². The predicted octanol–water partition coefficient (Wildman–Crippen LogP) is 3.35. The van der Waals surface area contributed by atoms with Crippen LogP contribution in [0.3, 0.4) is 0 Å². The van der Waals surface area contributed by atoms with Crippen LogP contribution < -0.4 is 5.32 Å². The topological polar surface area (TPSA) is 49.4 Å². The van der Waals surface area contributed by atoms with Crippen molar-refractivity contribution in [3.05, 3.63) is 69.7 Å². The SMILES string of the molecule is Cc1ccc(C(=O)NCC(=O)N(C)Cc2cccc(Cl)c2)cc1C. The van der Waals surface area contributed by atoms with E-state index >= 15 is 0 Å². The molecular weight excluding hydrogens is 324 g/mol. The van der Waals surface area contributed by atoms with Crippen LogP contribution >= 0.6 is 11.6 Å². The molecule has 0 aliphatic heterocycles. The maximum atomic E-state index is 12.2. The van der Waals surface area contributed by atoms with E-state index < -0.39 is 0 Å². The van der Waals surface area contributed by atoms with Gasteiger partial charge in [-0.2, -0.15) is 0 Å². The third-order valence-electron chi connectivity index (χ3n) is 3.90. The molecule has 126 valence electrons. The van der Waals surface area contributed by atoms with Crippen LogP contribution in [0.1, 0.15) is 27.0 Å². The Kier molecular flexibility index (Phi) is 5.99. The number of carbonyl (C=O) groups excluding carboxylic acids is 2. The van der Waals surface area contributed by atoms with Crippen LogP contribution in [0.5, 0.6) is 0 Å². The molecule has 4 nitrogen and oxygen atoms in total. The molecule has 0 saturated heterocycles. The van der Waals surface area contributed by atoms with E-state index in [-0.39, 0.29) is 18.4 Å². The first-order valence-corrected chi connectivity index (χ1v) is 8.08. The number of benzene rings is 2. The number of aryl methyl sites for hydroxylation is 2. The standard InChI is InChI=1S/C19H21ClN2O2/c1-13-7-8-16(9-14(13)2)19(24)21-11-18(23)22(3)12-15-5-4-6-17(20)10-15/h4-10H,11-12H2,1-3H3,(H,21,24). The zero-order valence-corrected chi connectivity index (χ0v) is 14.9. The summed E-state index contributed by atoms with van der Waals surface area (Å²) in [5.41, 5.74) is 3.68. The highest BCUT2D eigenvalue weighted by Gasteiger charge is 2.12. The van der Waals surface area contributed by atoms with E-state index in [9.17, 15) is 9.59 Å². The van der Waals surface area contributed by atoms with Gasteiger partial charge in [-0.15, -0.1) is 0 Å². The summed E-state index contributed by atoms with van der Waals surface area (Å²) in [5, 5.41) is 3.30. The van der Waals surface area contributed by atoms with Crippen molar-refractivity contribution in [2.24, 2.45) is 0 Å². The Labute approximate surface area is 147 Å². The highest BCUT2D eigenvalue weighted by Crippen LogP contribution is 2.12. The lowest BCUT2D eigenvalue weighted by Gasteiger charge is -2.18. The Hall–Kier alpha value is -2.33. The molecule has 0 saturated carbocycles. The third kappa shape index (κ3) is 4.83. The summed E-state index contributed by atoms with van der Waals surface area (Å²) in [5.74, 6) is -0.408. The zero-order valence-electron chi connectivity index (χ0n) is 14.1. The molecule has 2 aromatic carbocycles. The highest BCUT2D eigenvalue weighted by atomic mass is 35.5. The second-order valence-electron chi connectivity index (χ2n) is 5.86. The highest BCUT2D eigenvalue weighted by molar-refractivity contribution is 6.30. The number of nitrogens with one attached hydrogen (secondary N) is 1. The lowest BCUT2D eigenvalue weighted by atomic mass is 10.1. The number of carbonyl (C=O) groups is 2. The van der Waals surface area contributed by atoms with Crippen LogP contribution in [-0.4, -0.2) is 30.3 Å². The van der Waals surface area contributed by atoms with Crippen LogP contribution in [-0.2, 0) is 11.3 Å². The van der Waals surface area contributed by atoms with E-state index in [1.54, 1.807) is 24.1 Å². The van der Waals surface area contributed by atoms with Crippen molar-refractivity contribution in [3.63, 3.8) is 0 Å². The number of hydrogen-bond donors (Lipinski definition) is 1. The summed E-state index contributed by atoms with van der Waals surface area (Å²) in [7, 11) is 1.70. The van der Waals surface area contributed by atoms with Crippen molar-refractivity contribution in [3.8, 4) is 0 Å². The fraction of sp³-hybridized carbons (Fsp3) is 0.263. The van der Waals surface area contributed by atoms with Gasteiger partial charge in [0.2, 0.25) is 5.91 Å². The second kappa shape index (κ2) is 7.97. The summed E-state index contributed by atoms with van der Waals surface area (Å²) >= 11 is 5.94. The number of likely N-dealkylation sites (N-methyl/N-ethyl adjacent to an activating group) is 1. The molecule has 0 aliphatic rings. The molecule has 5 heteroatoms. The quantitative estimate of drug-likeness (QED) is 0.904. The van der Waals surface area contributed by atoms with Crippen LogP contribution in [0.4, 0.5) is 0 Å². The molecule has 0 spiro atoms. The van der Waals surface area contributed by atoms with E-state index in [1.165, 1.54) is 0 Å². The monoisotopic (exact) mass is 344 g/mol. The summed E-state index contributed by atoms with van der Waals surface area (Å²) in [6.07, 6.45) is 0. The van der Waals surface area contributed by atoms with Crippen LogP contribution in [0.2, 0.25) is 5.02 Å². The largest absolute Gasteiger partial charge is 0.343 e. The maximum Gasteiger partial charge on any atom is 0.251 e. The minimum Gasteiger partial charge on any atom is -0.343 e. The third-order valence-corrected chi connectivity index (χ3v) is 4.14. The Morgan fingerprint density at radius 3 is 2.50 bits per heavy atom. The van der Waals surface area contributed by atoms with Gasteiger partial charge in [0, 0.05) is 24.2 Å². The van der Waals surface area contributed by atoms with Crippen molar-refractivity contribution in [1.82, 2.24) is 10.2 Å². The Morgan fingerprint density at radius 1 is 1.08 bits per heavy atom. The summed E-state index contributed by atoms with van der Waals surface area (Å²) in [6, 6.07) is 12.8.